The molecule has 2 saturated carbocycles. The molecule has 1 saturated heterocycles. The molecule has 2 bridgehead atoms. The highest BCUT2D eigenvalue weighted by Crippen LogP contribution is 2.44. The van der Waals surface area contributed by atoms with Crippen LogP contribution in [-0.2, 0) is 6.54 Å². The lowest BCUT2D eigenvalue weighted by Crippen LogP contribution is -2.45. The van der Waals surface area contributed by atoms with Crippen LogP contribution < -0.4 is 10.2 Å². The van der Waals surface area contributed by atoms with Crippen LogP contribution in [0.1, 0.15) is 41.6 Å². The van der Waals surface area contributed by atoms with Gasteiger partial charge in [0, 0.05) is 50.0 Å². The van der Waals surface area contributed by atoms with Crippen LogP contribution in [0.3, 0.4) is 0 Å². The average molecular weight is 390 g/mol. The molecule has 3 aliphatic rings. The van der Waals surface area contributed by atoms with Crippen molar-refractivity contribution in [3.8, 4) is 0 Å². The van der Waals surface area contributed by atoms with Crippen molar-refractivity contribution in [3.05, 3.63) is 65.7 Å². The fourth-order valence-corrected chi connectivity index (χ4v) is 5.50. The van der Waals surface area contributed by atoms with E-state index < -0.39 is 0 Å². The highest BCUT2D eigenvalue weighted by Gasteiger charge is 2.40. The molecule has 1 N–H and O–H groups in total. The van der Waals surface area contributed by atoms with Gasteiger partial charge in [0.2, 0.25) is 0 Å². The van der Waals surface area contributed by atoms with E-state index in [4.69, 9.17) is 0 Å². The summed E-state index contributed by atoms with van der Waals surface area (Å²) in [6.07, 6.45) is 5.17. The van der Waals surface area contributed by atoms with E-state index in [2.05, 4.69) is 57.6 Å². The third-order valence-corrected chi connectivity index (χ3v) is 7.17. The lowest BCUT2D eigenvalue weighted by atomic mass is 9.95. The number of benzene rings is 2. The van der Waals surface area contributed by atoms with Crippen LogP contribution in [0.15, 0.2) is 54.6 Å². The fraction of sp³-hybridized carbons (Fsp3) is 0.480. The molecule has 5 rings (SSSR count). The SMILES string of the molecule is O=C(NC1CC2CCC1C2)c1ccc(CN2CCN(c3ccccc3)CC2)cc1. The molecule has 3 atom stereocenters. The van der Waals surface area contributed by atoms with Crippen LogP contribution in [0.4, 0.5) is 5.69 Å². The van der Waals surface area contributed by atoms with Crippen molar-refractivity contribution < 1.29 is 4.79 Å². The summed E-state index contributed by atoms with van der Waals surface area (Å²) in [6.45, 7) is 5.22. The van der Waals surface area contributed by atoms with Crippen molar-refractivity contribution >= 4 is 11.6 Å². The van der Waals surface area contributed by atoms with E-state index in [1.54, 1.807) is 0 Å². The summed E-state index contributed by atoms with van der Waals surface area (Å²) in [5.74, 6) is 1.68. The first-order chi connectivity index (χ1) is 14.2. The van der Waals surface area contributed by atoms with Crippen LogP contribution >= 0.6 is 0 Å². The second-order valence-electron chi connectivity index (χ2n) is 9.05. The van der Waals surface area contributed by atoms with Gasteiger partial charge < -0.3 is 10.2 Å². The number of carbonyl (C=O) groups excluding carboxylic acids is 1. The van der Waals surface area contributed by atoms with Gasteiger partial charge in [0.15, 0.2) is 0 Å². The number of nitrogens with zero attached hydrogens (tertiary/aromatic N) is 2. The highest BCUT2D eigenvalue weighted by molar-refractivity contribution is 5.94. The van der Waals surface area contributed by atoms with Crippen LogP contribution in [0.2, 0.25) is 0 Å². The van der Waals surface area contributed by atoms with E-state index in [0.29, 0.717) is 6.04 Å². The zero-order valence-corrected chi connectivity index (χ0v) is 17.1. The molecule has 4 heteroatoms. The van der Waals surface area contributed by atoms with E-state index in [-0.39, 0.29) is 5.91 Å². The molecule has 29 heavy (non-hydrogen) atoms. The second kappa shape index (κ2) is 8.19. The van der Waals surface area contributed by atoms with Gasteiger partial charge in [0.05, 0.1) is 0 Å². The van der Waals surface area contributed by atoms with Gasteiger partial charge in [-0.25, -0.2) is 0 Å². The molecule has 1 heterocycles. The van der Waals surface area contributed by atoms with Gasteiger partial charge in [0.1, 0.15) is 0 Å². The quantitative estimate of drug-likeness (QED) is 0.842. The van der Waals surface area contributed by atoms with E-state index in [9.17, 15) is 4.79 Å². The number of rotatable bonds is 5. The van der Waals surface area contributed by atoms with Gasteiger partial charge in [0.25, 0.3) is 5.91 Å². The fourth-order valence-electron chi connectivity index (χ4n) is 5.50. The first-order valence-electron chi connectivity index (χ1n) is 11.2. The number of piperazine rings is 1. The molecule has 2 aromatic rings. The van der Waals surface area contributed by atoms with E-state index in [1.165, 1.54) is 36.9 Å². The monoisotopic (exact) mass is 389 g/mol. The number of carbonyl (C=O) groups is 1. The zero-order chi connectivity index (χ0) is 19.6. The van der Waals surface area contributed by atoms with Crippen molar-refractivity contribution in [3.63, 3.8) is 0 Å². The van der Waals surface area contributed by atoms with Crippen LogP contribution in [0.5, 0.6) is 0 Å². The van der Waals surface area contributed by atoms with Gasteiger partial charge in [-0.3, -0.25) is 9.69 Å². The van der Waals surface area contributed by atoms with Crippen molar-refractivity contribution in [1.29, 1.82) is 0 Å². The Hall–Kier alpha value is -2.33. The molecule has 1 aliphatic heterocycles. The lowest BCUT2D eigenvalue weighted by molar-refractivity contribution is 0.0923. The van der Waals surface area contributed by atoms with Crippen molar-refractivity contribution in [2.75, 3.05) is 31.1 Å². The summed E-state index contributed by atoms with van der Waals surface area (Å²) in [4.78, 5) is 17.6. The smallest absolute Gasteiger partial charge is 0.251 e. The topological polar surface area (TPSA) is 35.6 Å². The minimum Gasteiger partial charge on any atom is -0.369 e. The minimum absolute atomic E-state index is 0.102. The van der Waals surface area contributed by atoms with E-state index in [0.717, 1.165) is 50.1 Å². The predicted molar refractivity (Wildman–Crippen MR) is 117 cm³/mol. The normalized spacial score (nSPS) is 26.6. The third kappa shape index (κ3) is 4.18. The summed E-state index contributed by atoms with van der Waals surface area (Å²) in [5, 5.41) is 3.29. The number of para-hydroxylation sites is 1. The average Bonchev–Trinajstić information content (AvgIpc) is 3.39. The summed E-state index contributed by atoms with van der Waals surface area (Å²) in [7, 11) is 0. The molecule has 2 aliphatic carbocycles. The van der Waals surface area contributed by atoms with Gasteiger partial charge in [-0.1, -0.05) is 36.8 Å². The molecular formula is C25H31N3O. The molecule has 152 valence electrons. The molecule has 3 unspecified atom stereocenters. The standard InChI is InChI=1S/C25H31N3O/c29-25(26-24-17-20-8-11-22(24)16-20)21-9-6-19(7-10-21)18-27-12-14-28(15-13-27)23-4-2-1-3-5-23/h1-7,9-10,20,22,24H,8,11-18H2,(H,26,29). The predicted octanol–water partition coefficient (Wildman–Crippen LogP) is 3.93. The van der Waals surface area contributed by atoms with Gasteiger partial charge in [-0.05, 0) is 60.9 Å². The van der Waals surface area contributed by atoms with Crippen molar-refractivity contribution in [2.45, 2.75) is 38.3 Å². The Balaban J connectivity index is 1.12. The van der Waals surface area contributed by atoms with Gasteiger partial charge in [-0.2, -0.15) is 0 Å². The maximum absolute atomic E-state index is 12.6. The van der Waals surface area contributed by atoms with Gasteiger partial charge in [-0.15, -0.1) is 0 Å². The van der Waals surface area contributed by atoms with Crippen LogP contribution in [0, 0.1) is 11.8 Å². The number of hydrogen-bond acceptors (Lipinski definition) is 3. The molecule has 1 amide bonds. The summed E-state index contributed by atoms with van der Waals surface area (Å²) in [5.41, 5.74) is 3.40. The highest BCUT2D eigenvalue weighted by atomic mass is 16.1. The van der Waals surface area contributed by atoms with Crippen LogP contribution in [0.25, 0.3) is 0 Å². The zero-order valence-electron chi connectivity index (χ0n) is 17.1. The number of anilines is 1. The van der Waals surface area contributed by atoms with Crippen molar-refractivity contribution in [2.24, 2.45) is 11.8 Å². The lowest BCUT2D eigenvalue weighted by Gasteiger charge is -2.36. The molecule has 2 aromatic carbocycles. The molecular weight excluding hydrogens is 358 g/mol. The molecule has 4 nitrogen and oxygen atoms in total. The number of hydrogen-bond donors (Lipinski definition) is 1. The minimum atomic E-state index is 0.102. The summed E-state index contributed by atoms with van der Waals surface area (Å²) in [6, 6.07) is 19.3. The Labute approximate surface area is 173 Å². The van der Waals surface area contributed by atoms with Crippen LogP contribution in [-0.4, -0.2) is 43.0 Å². The van der Waals surface area contributed by atoms with E-state index in [1.807, 2.05) is 12.1 Å². The number of fused-ring (bicyclic) bond motifs is 2. The Morgan fingerprint density at radius 3 is 2.31 bits per heavy atom. The van der Waals surface area contributed by atoms with Gasteiger partial charge >= 0.3 is 0 Å². The first kappa shape index (κ1) is 18.7. The Morgan fingerprint density at radius 1 is 0.897 bits per heavy atom. The van der Waals surface area contributed by atoms with Crippen molar-refractivity contribution in [1.82, 2.24) is 10.2 Å². The largest absolute Gasteiger partial charge is 0.369 e. The number of nitrogens with one attached hydrogen (secondary N) is 1. The Bertz CT molecular complexity index is 827. The second-order valence-corrected chi connectivity index (χ2v) is 9.05. The molecule has 0 aromatic heterocycles. The van der Waals surface area contributed by atoms with E-state index >= 15 is 0 Å². The third-order valence-electron chi connectivity index (χ3n) is 7.17. The number of amides is 1. The summed E-state index contributed by atoms with van der Waals surface area (Å²) < 4.78 is 0. The Kier molecular flexibility index (Phi) is 5.28. The first-order valence-corrected chi connectivity index (χ1v) is 11.2. The molecule has 0 radical (unpaired) electrons. The molecule has 0 spiro atoms. The maximum atomic E-state index is 12.6. The summed E-state index contributed by atoms with van der Waals surface area (Å²) >= 11 is 0. The molecule has 3 fully saturated rings. The maximum Gasteiger partial charge on any atom is 0.251 e. The Morgan fingerprint density at radius 2 is 1.66 bits per heavy atom.